The molecule has 0 bridgehead atoms. The van der Waals surface area contributed by atoms with Crippen LogP contribution in [0.1, 0.15) is 18.4 Å². The highest BCUT2D eigenvalue weighted by Gasteiger charge is 2.16. The van der Waals surface area contributed by atoms with E-state index in [1.54, 1.807) is 17.8 Å². The third-order valence-electron chi connectivity index (χ3n) is 2.51. The van der Waals surface area contributed by atoms with E-state index in [0.29, 0.717) is 16.7 Å². The molecule has 1 atom stereocenters. The summed E-state index contributed by atoms with van der Waals surface area (Å²) in [7, 11) is 0. The monoisotopic (exact) mass is 319 g/mol. The Kier molecular flexibility index (Phi) is 6.65. The smallest absolute Gasteiger partial charge is 0.243 e. The molecular weight excluding hydrogens is 305 g/mol. The van der Waals surface area contributed by atoms with Crippen molar-refractivity contribution in [3.8, 4) is 11.4 Å². The Morgan fingerprint density at radius 1 is 1.42 bits per heavy atom. The van der Waals surface area contributed by atoms with Gasteiger partial charge in [0, 0.05) is 5.56 Å². The van der Waals surface area contributed by atoms with Crippen molar-refractivity contribution < 1.29 is 4.52 Å². The topological polar surface area (TPSA) is 64.9 Å². The molecule has 2 rings (SSSR count). The van der Waals surface area contributed by atoms with Crippen LogP contribution < -0.4 is 5.73 Å². The van der Waals surface area contributed by atoms with E-state index in [4.69, 9.17) is 21.9 Å². The molecule has 104 valence electrons. The lowest BCUT2D eigenvalue weighted by molar-refractivity contribution is 0.353. The van der Waals surface area contributed by atoms with Gasteiger partial charge in [-0.1, -0.05) is 28.9 Å². The average Bonchev–Trinajstić information content (AvgIpc) is 2.86. The highest BCUT2D eigenvalue weighted by atomic mass is 35.5. The first kappa shape index (κ1) is 16.3. The number of aromatic nitrogens is 2. The second-order valence-electron chi connectivity index (χ2n) is 3.82. The Morgan fingerprint density at radius 2 is 2.16 bits per heavy atom. The lowest BCUT2D eigenvalue weighted by Gasteiger charge is -2.03. The normalized spacial score (nSPS) is 11.9. The number of hydrogen-bond donors (Lipinski definition) is 1. The van der Waals surface area contributed by atoms with Crippen LogP contribution in [-0.2, 0) is 0 Å². The molecule has 0 amide bonds. The van der Waals surface area contributed by atoms with Crippen molar-refractivity contribution in [3.63, 3.8) is 0 Å². The Balaban J connectivity index is 0.00000180. The molecule has 0 saturated carbocycles. The molecule has 1 aromatic carbocycles. The summed E-state index contributed by atoms with van der Waals surface area (Å²) in [6, 6.07) is 7.16. The molecule has 0 spiro atoms. The lowest BCUT2D eigenvalue weighted by atomic mass is 10.2. The molecule has 0 radical (unpaired) electrons. The van der Waals surface area contributed by atoms with E-state index >= 15 is 0 Å². The Hall–Kier alpha value is -0.750. The largest absolute Gasteiger partial charge is 0.337 e. The van der Waals surface area contributed by atoms with Crippen LogP contribution in [0.5, 0.6) is 0 Å². The standard InChI is InChI=1S/C12H14ClN3OS.ClH/c1-18-7-6-10(14)12-15-11(16-17-12)8-4-2-3-5-9(8)13;/h2-5,10H,6-7,14H2,1H3;1H. The fraction of sp³-hybridized carbons (Fsp3) is 0.333. The first-order chi connectivity index (χ1) is 8.72. The molecule has 2 N–H and O–H groups in total. The minimum Gasteiger partial charge on any atom is -0.337 e. The van der Waals surface area contributed by atoms with Crippen molar-refractivity contribution in [3.05, 3.63) is 35.2 Å². The van der Waals surface area contributed by atoms with Crippen molar-refractivity contribution in [2.24, 2.45) is 5.73 Å². The molecule has 1 aromatic heterocycles. The van der Waals surface area contributed by atoms with Crippen molar-refractivity contribution in [1.29, 1.82) is 0 Å². The van der Waals surface area contributed by atoms with Crippen molar-refractivity contribution in [2.45, 2.75) is 12.5 Å². The van der Waals surface area contributed by atoms with Gasteiger partial charge < -0.3 is 10.3 Å². The van der Waals surface area contributed by atoms with Gasteiger partial charge in [-0.25, -0.2) is 0 Å². The number of thioether (sulfide) groups is 1. The molecular formula is C12H15Cl2N3OS. The highest BCUT2D eigenvalue weighted by Crippen LogP contribution is 2.26. The SMILES string of the molecule is CSCCC(N)c1nc(-c2ccccc2Cl)no1.Cl. The number of benzene rings is 1. The minimum atomic E-state index is -0.221. The van der Waals surface area contributed by atoms with Gasteiger partial charge in [0.25, 0.3) is 0 Å². The molecule has 0 saturated heterocycles. The molecule has 1 heterocycles. The minimum absolute atomic E-state index is 0. The number of rotatable bonds is 5. The molecule has 0 aliphatic heterocycles. The van der Waals surface area contributed by atoms with E-state index in [1.807, 2.05) is 24.5 Å². The van der Waals surface area contributed by atoms with Gasteiger partial charge in [-0.15, -0.1) is 12.4 Å². The summed E-state index contributed by atoms with van der Waals surface area (Å²) in [6.07, 6.45) is 2.85. The Bertz CT molecular complexity index is 521. The highest BCUT2D eigenvalue weighted by molar-refractivity contribution is 7.98. The van der Waals surface area contributed by atoms with E-state index in [9.17, 15) is 0 Å². The van der Waals surface area contributed by atoms with Gasteiger partial charge in [-0.3, -0.25) is 0 Å². The van der Waals surface area contributed by atoms with Crippen molar-refractivity contribution >= 4 is 35.8 Å². The fourth-order valence-electron chi connectivity index (χ4n) is 1.51. The van der Waals surface area contributed by atoms with E-state index < -0.39 is 0 Å². The fourth-order valence-corrected chi connectivity index (χ4v) is 2.22. The average molecular weight is 320 g/mol. The van der Waals surface area contributed by atoms with E-state index in [1.165, 1.54) is 0 Å². The molecule has 0 fully saturated rings. The van der Waals surface area contributed by atoms with Crippen LogP contribution in [-0.4, -0.2) is 22.1 Å². The zero-order chi connectivity index (χ0) is 13.0. The third-order valence-corrected chi connectivity index (χ3v) is 3.48. The molecule has 4 nitrogen and oxygen atoms in total. The van der Waals surface area contributed by atoms with Gasteiger partial charge in [0.2, 0.25) is 11.7 Å². The zero-order valence-corrected chi connectivity index (χ0v) is 12.8. The Morgan fingerprint density at radius 3 is 2.84 bits per heavy atom. The predicted octanol–water partition coefficient (Wildman–Crippen LogP) is 3.56. The molecule has 1 unspecified atom stereocenters. The molecule has 19 heavy (non-hydrogen) atoms. The van der Waals surface area contributed by atoms with Gasteiger partial charge in [0.15, 0.2) is 0 Å². The van der Waals surface area contributed by atoms with Gasteiger partial charge in [0.05, 0.1) is 11.1 Å². The molecule has 2 aromatic rings. The van der Waals surface area contributed by atoms with Crippen LogP contribution in [0, 0.1) is 0 Å². The van der Waals surface area contributed by atoms with E-state index in [0.717, 1.165) is 17.7 Å². The maximum atomic E-state index is 6.07. The van der Waals surface area contributed by atoms with Gasteiger partial charge in [-0.05, 0) is 30.6 Å². The van der Waals surface area contributed by atoms with Crippen LogP contribution in [0.15, 0.2) is 28.8 Å². The van der Waals surface area contributed by atoms with Crippen LogP contribution >= 0.6 is 35.8 Å². The summed E-state index contributed by atoms with van der Waals surface area (Å²) in [5.74, 6) is 1.90. The van der Waals surface area contributed by atoms with Gasteiger partial charge >= 0.3 is 0 Å². The number of halogens is 2. The Labute approximate surface area is 127 Å². The quantitative estimate of drug-likeness (QED) is 0.912. The first-order valence-corrected chi connectivity index (χ1v) is 7.32. The van der Waals surface area contributed by atoms with E-state index in [-0.39, 0.29) is 18.4 Å². The van der Waals surface area contributed by atoms with Crippen LogP contribution in [0.25, 0.3) is 11.4 Å². The number of nitrogens with two attached hydrogens (primary N) is 1. The molecule has 0 aliphatic rings. The summed E-state index contributed by atoms with van der Waals surface area (Å²) in [6.45, 7) is 0. The second kappa shape index (κ2) is 7.75. The second-order valence-corrected chi connectivity index (χ2v) is 5.22. The molecule has 7 heteroatoms. The summed E-state index contributed by atoms with van der Waals surface area (Å²) < 4.78 is 5.18. The summed E-state index contributed by atoms with van der Waals surface area (Å²) >= 11 is 7.81. The zero-order valence-electron chi connectivity index (χ0n) is 10.4. The van der Waals surface area contributed by atoms with Crippen LogP contribution in [0.2, 0.25) is 5.02 Å². The van der Waals surface area contributed by atoms with Crippen molar-refractivity contribution in [1.82, 2.24) is 10.1 Å². The van der Waals surface area contributed by atoms with Crippen molar-refractivity contribution in [2.75, 3.05) is 12.0 Å². The lowest BCUT2D eigenvalue weighted by Crippen LogP contribution is -2.11. The van der Waals surface area contributed by atoms with Gasteiger partial charge in [-0.2, -0.15) is 16.7 Å². The van der Waals surface area contributed by atoms with Gasteiger partial charge in [0.1, 0.15) is 0 Å². The maximum Gasteiger partial charge on any atom is 0.243 e. The summed E-state index contributed by atoms with van der Waals surface area (Å²) in [5.41, 5.74) is 6.72. The van der Waals surface area contributed by atoms with Crippen LogP contribution in [0.4, 0.5) is 0 Å². The molecule has 0 aliphatic carbocycles. The third kappa shape index (κ3) is 4.11. The summed E-state index contributed by atoms with van der Waals surface area (Å²) in [5, 5.41) is 4.52. The number of nitrogens with zero attached hydrogens (tertiary/aromatic N) is 2. The first-order valence-electron chi connectivity index (χ1n) is 5.55. The number of hydrogen-bond acceptors (Lipinski definition) is 5. The predicted molar refractivity (Wildman–Crippen MR) is 81.9 cm³/mol. The van der Waals surface area contributed by atoms with Crippen LogP contribution in [0.3, 0.4) is 0 Å². The summed E-state index contributed by atoms with van der Waals surface area (Å²) in [4.78, 5) is 4.30. The van der Waals surface area contributed by atoms with E-state index in [2.05, 4.69) is 10.1 Å². The maximum absolute atomic E-state index is 6.07.